The van der Waals surface area contributed by atoms with Crippen molar-refractivity contribution in [1.82, 2.24) is 14.7 Å². The van der Waals surface area contributed by atoms with Gasteiger partial charge in [-0.15, -0.1) is 0 Å². The number of aryl methyl sites for hydroxylation is 1. The lowest BCUT2D eigenvalue weighted by Gasteiger charge is -2.25. The summed E-state index contributed by atoms with van der Waals surface area (Å²) in [6.07, 6.45) is 21.8. The predicted molar refractivity (Wildman–Crippen MR) is 278 cm³/mol. The molecule has 0 saturated heterocycles. The summed E-state index contributed by atoms with van der Waals surface area (Å²) in [7, 11) is 7.98. The van der Waals surface area contributed by atoms with Crippen LogP contribution < -0.4 is 0 Å². The normalized spacial score (nSPS) is 12.7. The standard InChI is InChI=1S/C52H88N4O11P2/c1-53(33-34-54(2)43-50(59)64-39-32-47-27-29-48(30-28-47)52(61)68)35-36-55(42-49(57)58)44-51(60)65-40-31-46-25-23-45(24-26-46)22-20-18-16-14-12-10-8-6-7-9-11-13-15-17-19-21-38-66-69(62,63)67-41-37-56(3,4)5/h23-30H,6-22,31-44,68H2,1-5H3,(H-,57,58,62,63)/p+1. The summed E-state index contributed by atoms with van der Waals surface area (Å²) in [5, 5.41) is 9.45. The molecule has 2 aromatic rings. The SMILES string of the molecule is CN(CCN(C)CC(=O)OCCc1ccc(C(=O)P)cc1)CCN(CC(=O)O)CC(=O)OCCc1ccc(CCCCCCCCCCCCCCCCCCOP(=O)(O)OCC[N+](C)(C)C)cc1. The summed E-state index contributed by atoms with van der Waals surface area (Å²) >= 11 is 0. The van der Waals surface area contributed by atoms with E-state index < -0.39 is 19.8 Å². The molecule has 392 valence electrons. The van der Waals surface area contributed by atoms with Gasteiger partial charge in [-0.25, -0.2) is 4.57 Å². The number of aliphatic carboxylic acids is 1. The van der Waals surface area contributed by atoms with Crippen molar-refractivity contribution in [2.45, 2.75) is 122 Å². The first-order valence-corrected chi connectivity index (χ1v) is 27.5. The monoisotopic (exact) mass is 1010 g/mol. The average molecular weight is 1010 g/mol. The minimum Gasteiger partial charge on any atom is -0.480 e. The quantitative estimate of drug-likeness (QED) is 0.0281. The van der Waals surface area contributed by atoms with E-state index in [-0.39, 0.29) is 57.6 Å². The summed E-state index contributed by atoms with van der Waals surface area (Å²) < 4.78 is 33.6. The number of likely N-dealkylation sites (N-methyl/N-ethyl adjacent to an activating group) is 3. The smallest absolute Gasteiger partial charge is 0.472 e. The van der Waals surface area contributed by atoms with E-state index in [1.54, 1.807) is 17.0 Å². The van der Waals surface area contributed by atoms with E-state index in [1.807, 2.05) is 57.2 Å². The first-order chi connectivity index (χ1) is 32.9. The average Bonchev–Trinajstić information content (AvgIpc) is 3.28. The van der Waals surface area contributed by atoms with Gasteiger partial charge >= 0.3 is 25.7 Å². The van der Waals surface area contributed by atoms with Crippen LogP contribution in [0.25, 0.3) is 0 Å². The van der Waals surface area contributed by atoms with Crippen LogP contribution in [0.1, 0.15) is 130 Å². The highest BCUT2D eigenvalue weighted by atomic mass is 31.2. The van der Waals surface area contributed by atoms with E-state index in [4.69, 9.17) is 18.5 Å². The number of phosphoric acid groups is 1. The Morgan fingerprint density at radius 1 is 0.536 bits per heavy atom. The number of carboxylic acids is 1. The molecule has 0 aromatic heterocycles. The second kappa shape index (κ2) is 36.8. The molecule has 0 saturated carbocycles. The fraction of sp³-hybridized carbons (Fsp3) is 0.692. The summed E-state index contributed by atoms with van der Waals surface area (Å²) in [5.41, 5.74) is 3.93. The van der Waals surface area contributed by atoms with Gasteiger partial charge in [0.1, 0.15) is 13.2 Å². The Hall–Kier alpha value is -3.10. The van der Waals surface area contributed by atoms with Crippen LogP contribution in [0.15, 0.2) is 48.5 Å². The van der Waals surface area contributed by atoms with Crippen LogP contribution >= 0.6 is 17.1 Å². The van der Waals surface area contributed by atoms with Crippen LogP contribution in [-0.2, 0) is 56.7 Å². The molecule has 2 N–H and O–H groups in total. The fourth-order valence-electron chi connectivity index (χ4n) is 7.57. The van der Waals surface area contributed by atoms with Gasteiger partial charge in [0.15, 0.2) is 5.52 Å². The van der Waals surface area contributed by atoms with Crippen LogP contribution in [0.5, 0.6) is 0 Å². The molecule has 2 unspecified atom stereocenters. The molecule has 0 spiro atoms. The molecule has 0 heterocycles. The zero-order valence-electron chi connectivity index (χ0n) is 42.9. The number of hydrogen-bond acceptors (Lipinski definition) is 12. The number of rotatable bonds is 43. The Bertz CT molecular complexity index is 1760. The number of carbonyl (C=O) groups excluding carboxylic acids is 3. The van der Waals surface area contributed by atoms with Crippen LogP contribution in [-0.4, -0.2) is 167 Å². The number of quaternary nitrogens is 1. The van der Waals surface area contributed by atoms with Gasteiger partial charge in [-0.2, -0.15) is 0 Å². The molecular weight excluding hydrogens is 919 g/mol. The minimum atomic E-state index is -3.94. The molecule has 0 aliphatic rings. The Labute approximate surface area is 417 Å². The maximum atomic E-state index is 12.7. The lowest BCUT2D eigenvalue weighted by atomic mass is 10.0. The number of nitrogens with zero attached hydrogens (tertiary/aromatic N) is 4. The lowest BCUT2D eigenvalue weighted by Crippen LogP contribution is -2.41. The molecule has 0 bridgehead atoms. The number of hydrogen-bond donors (Lipinski definition) is 2. The molecular formula is C52H89N4O11P2+. The molecule has 17 heteroatoms. The van der Waals surface area contributed by atoms with Crippen LogP contribution in [0.4, 0.5) is 0 Å². The van der Waals surface area contributed by atoms with Gasteiger partial charge in [0.25, 0.3) is 0 Å². The number of carboxylic acid groups (broad SMARTS) is 1. The summed E-state index contributed by atoms with van der Waals surface area (Å²) in [5.74, 6) is -1.78. The maximum absolute atomic E-state index is 12.7. The van der Waals surface area contributed by atoms with Crippen molar-refractivity contribution in [3.8, 4) is 0 Å². The fourth-order valence-corrected chi connectivity index (χ4v) is 8.51. The van der Waals surface area contributed by atoms with Crippen molar-refractivity contribution in [2.24, 2.45) is 0 Å². The molecule has 2 rings (SSSR count). The molecule has 0 aliphatic heterocycles. The van der Waals surface area contributed by atoms with Gasteiger partial charge in [-0.3, -0.25) is 38.0 Å². The van der Waals surface area contributed by atoms with E-state index in [2.05, 4.69) is 33.5 Å². The Morgan fingerprint density at radius 2 is 0.942 bits per heavy atom. The lowest BCUT2D eigenvalue weighted by molar-refractivity contribution is -0.870. The maximum Gasteiger partial charge on any atom is 0.472 e. The second-order valence-electron chi connectivity index (χ2n) is 19.5. The summed E-state index contributed by atoms with van der Waals surface area (Å²) in [6, 6.07) is 15.7. The first-order valence-electron chi connectivity index (χ1n) is 25.4. The van der Waals surface area contributed by atoms with E-state index >= 15 is 0 Å². The Morgan fingerprint density at radius 3 is 1.42 bits per heavy atom. The van der Waals surface area contributed by atoms with Gasteiger partial charge in [0.2, 0.25) is 0 Å². The third kappa shape index (κ3) is 34.8. The van der Waals surface area contributed by atoms with Gasteiger partial charge in [-0.1, -0.05) is 148 Å². The first kappa shape index (κ1) is 62.0. The number of unbranched alkanes of at least 4 members (excludes halogenated alkanes) is 15. The van der Waals surface area contributed by atoms with Crippen LogP contribution in [0.2, 0.25) is 0 Å². The van der Waals surface area contributed by atoms with E-state index in [0.29, 0.717) is 55.6 Å². The van der Waals surface area contributed by atoms with Crippen LogP contribution in [0.3, 0.4) is 0 Å². The molecule has 0 fully saturated rings. The topological polar surface area (TPSA) is 172 Å². The van der Waals surface area contributed by atoms with Gasteiger partial charge in [-0.05, 0) is 50.0 Å². The van der Waals surface area contributed by atoms with Crippen molar-refractivity contribution in [3.63, 3.8) is 0 Å². The number of phosphoric ester groups is 1. The highest BCUT2D eigenvalue weighted by molar-refractivity contribution is 7.47. The van der Waals surface area contributed by atoms with Crippen molar-refractivity contribution >= 4 is 40.5 Å². The third-order valence-electron chi connectivity index (χ3n) is 12.0. The number of carbonyl (C=O) groups is 4. The van der Waals surface area contributed by atoms with Gasteiger partial charge in [0, 0.05) is 44.6 Å². The molecule has 0 aliphatic carbocycles. The number of ether oxygens (including phenoxy) is 2. The van der Waals surface area contributed by atoms with Crippen molar-refractivity contribution in [3.05, 3.63) is 70.8 Å². The zero-order chi connectivity index (χ0) is 50.8. The van der Waals surface area contributed by atoms with Gasteiger partial charge in [0.05, 0.1) is 60.6 Å². The molecule has 2 aromatic carbocycles. The third-order valence-corrected chi connectivity index (χ3v) is 13.3. The van der Waals surface area contributed by atoms with Gasteiger partial charge < -0.3 is 28.9 Å². The Balaban J connectivity index is 1.44. The van der Waals surface area contributed by atoms with E-state index in [0.717, 1.165) is 36.8 Å². The van der Waals surface area contributed by atoms with E-state index in [9.17, 15) is 33.7 Å². The highest BCUT2D eigenvalue weighted by Crippen LogP contribution is 2.43. The molecule has 0 radical (unpaired) electrons. The van der Waals surface area contributed by atoms with Crippen molar-refractivity contribution in [1.29, 1.82) is 0 Å². The van der Waals surface area contributed by atoms with Crippen LogP contribution in [0, 0.1) is 0 Å². The predicted octanol–water partition coefficient (Wildman–Crippen LogP) is 8.45. The van der Waals surface area contributed by atoms with E-state index in [1.165, 1.54) is 89.0 Å². The highest BCUT2D eigenvalue weighted by Gasteiger charge is 2.22. The summed E-state index contributed by atoms with van der Waals surface area (Å²) in [6.45, 7) is 3.49. The minimum absolute atomic E-state index is 0.0731. The number of esters is 2. The molecule has 69 heavy (non-hydrogen) atoms. The second-order valence-corrected chi connectivity index (χ2v) is 21.5. The number of benzene rings is 2. The van der Waals surface area contributed by atoms with Crippen molar-refractivity contribution < 1.29 is 56.7 Å². The summed E-state index contributed by atoms with van der Waals surface area (Å²) in [4.78, 5) is 63.2. The zero-order valence-corrected chi connectivity index (χ0v) is 45.0. The molecule has 2 atom stereocenters. The Kier molecular flexibility index (Phi) is 33.0. The molecule has 15 nitrogen and oxygen atoms in total. The molecule has 0 amide bonds. The largest absolute Gasteiger partial charge is 0.480 e. The van der Waals surface area contributed by atoms with Crippen molar-refractivity contribution in [2.75, 3.05) is 114 Å².